The Morgan fingerprint density at radius 1 is 1.18 bits per heavy atom. The van der Waals surface area contributed by atoms with Crippen molar-refractivity contribution in [1.29, 1.82) is 5.26 Å². The zero-order valence-electron chi connectivity index (χ0n) is 15.2. The Hall–Kier alpha value is -3.03. The zero-order valence-corrected chi connectivity index (χ0v) is 15.2. The lowest BCUT2D eigenvalue weighted by Crippen LogP contribution is -2.37. The standard InChI is InChI=1S/C21H19F3N4/c1-26-17-6-8-18(9-7-17)28(19-10-12-27(15-19)13-11-25)14-16-4-2-3-5-20(16)21(22,23)24/h2-9,19H,10,12-15H2/t19-/m0/s1. The van der Waals surface area contributed by atoms with Crippen molar-refractivity contribution >= 4 is 11.4 Å². The smallest absolute Gasteiger partial charge is 0.363 e. The maximum atomic E-state index is 13.4. The van der Waals surface area contributed by atoms with Crippen LogP contribution >= 0.6 is 0 Å². The number of halogens is 3. The highest BCUT2D eigenvalue weighted by atomic mass is 19.4. The van der Waals surface area contributed by atoms with Crippen LogP contribution in [0.15, 0.2) is 48.5 Å². The lowest BCUT2D eigenvalue weighted by molar-refractivity contribution is -0.138. The van der Waals surface area contributed by atoms with E-state index in [2.05, 4.69) is 10.9 Å². The number of nitrogens with zero attached hydrogens (tertiary/aromatic N) is 4. The van der Waals surface area contributed by atoms with Gasteiger partial charge in [-0.15, -0.1) is 0 Å². The minimum Gasteiger partial charge on any atom is -0.363 e. The summed E-state index contributed by atoms with van der Waals surface area (Å²) in [6.07, 6.45) is -3.65. The van der Waals surface area contributed by atoms with E-state index in [1.807, 2.05) is 9.80 Å². The minimum atomic E-state index is -4.42. The van der Waals surface area contributed by atoms with E-state index < -0.39 is 11.7 Å². The molecule has 7 heteroatoms. The van der Waals surface area contributed by atoms with Gasteiger partial charge in [0.05, 0.1) is 24.7 Å². The van der Waals surface area contributed by atoms with Gasteiger partial charge in [-0.25, -0.2) is 4.85 Å². The third kappa shape index (κ3) is 4.44. The van der Waals surface area contributed by atoms with Crippen LogP contribution in [0.3, 0.4) is 0 Å². The summed E-state index contributed by atoms with van der Waals surface area (Å²) in [4.78, 5) is 7.33. The van der Waals surface area contributed by atoms with Gasteiger partial charge in [-0.2, -0.15) is 18.4 Å². The summed E-state index contributed by atoms with van der Waals surface area (Å²) in [5, 5.41) is 8.93. The van der Waals surface area contributed by atoms with Gasteiger partial charge in [0.15, 0.2) is 5.69 Å². The molecule has 0 saturated carbocycles. The monoisotopic (exact) mass is 384 g/mol. The van der Waals surface area contributed by atoms with Crippen LogP contribution < -0.4 is 4.90 Å². The van der Waals surface area contributed by atoms with Gasteiger partial charge in [-0.3, -0.25) is 4.90 Å². The Morgan fingerprint density at radius 2 is 1.89 bits per heavy atom. The number of rotatable bonds is 5. The van der Waals surface area contributed by atoms with E-state index in [9.17, 15) is 13.2 Å². The van der Waals surface area contributed by atoms with Crippen LogP contribution in [-0.4, -0.2) is 30.6 Å². The fourth-order valence-electron chi connectivity index (χ4n) is 3.58. The first-order chi connectivity index (χ1) is 13.4. The number of nitriles is 1. The highest BCUT2D eigenvalue weighted by Crippen LogP contribution is 2.34. The Labute approximate surface area is 162 Å². The summed E-state index contributed by atoms with van der Waals surface area (Å²) < 4.78 is 40.3. The van der Waals surface area contributed by atoms with Crippen LogP contribution in [0, 0.1) is 17.9 Å². The Bertz CT molecular complexity index is 894. The van der Waals surface area contributed by atoms with Crippen LogP contribution in [0.1, 0.15) is 17.5 Å². The summed E-state index contributed by atoms with van der Waals surface area (Å²) in [7, 11) is 0. The van der Waals surface area contributed by atoms with E-state index in [0.29, 0.717) is 18.8 Å². The quantitative estimate of drug-likeness (QED) is 0.545. The number of hydrogen-bond acceptors (Lipinski definition) is 3. The van der Waals surface area contributed by atoms with E-state index in [-0.39, 0.29) is 18.2 Å². The molecule has 3 rings (SSSR count). The second kappa shape index (κ2) is 8.33. The molecule has 1 saturated heterocycles. The molecule has 1 fully saturated rings. The molecule has 144 valence electrons. The number of alkyl halides is 3. The van der Waals surface area contributed by atoms with E-state index in [4.69, 9.17) is 11.8 Å². The van der Waals surface area contributed by atoms with Crippen LogP contribution in [0.5, 0.6) is 0 Å². The first-order valence-electron chi connectivity index (χ1n) is 8.91. The number of hydrogen-bond donors (Lipinski definition) is 0. The molecule has 2 aromatic rings. The lowest BCUT2D eigenvalue weighted by Gasteiger charge is -2.32. The third-order valence-corrected chi connectivity index (χ3v) is 4.96. The molecule has 0 aliphatic carbocycles. The van der Waals surface area contributed by atoms with E-state index >= 15 is 0 Å². The second-order valence-corrected chi connectivity index (χ2v) is 6.75. The fourth-order valence-corrected chi connectivity index (χ4v) is 3.58. The Balaban J connectivity index is 1.93. The largest absolute Gasteiger partial charge is 0.416 e. The lowest BCUT2D eigenvalue weighted by atomic mass is 10.0. The van der Waals surface area contributed by atoms with Crippen LogP contribution in [0.4, 0.5) is 24.5 Å². The van der Waals surface area contributed by atoms with Crippen LogP contribution in [0.2, 0.25) is 0 Å². The van der Waals surface area contributed by atoms with Crippen molar-refractivity contribution in [3.8, 4) is 6.07 Å². The minimum absolute atomic E-state index is 0.00608. The van der Waals surface area contributed by atoms with Gasteiger partial charge in [-0.1, -0.05) is 30.3 Å². The van der Waals surface area contributed by atoms with Gasteiger partial charge in [0.25, 0.3) is 0 Å². The van der Waals surface area contributed by atoms with Crippen molar-refractivity contribution in [2.24, 2.45) is 0 Å². The third-order valence-electron chi connectivity index (χ3n) is 4.96. The topological polar surface area (TPSA) is 34.6 Å². The van der Waals surface area contributed by atoms with E-state index in [1.165, 1.54) is 12.1 Å². The molecular formula is C21H19F3N4. The molecule has 0 N–H and O–H groups in total. The average Bonchev–Trinajstić information content (AvgIpc) is 3.14. The molecule has 0 bridgehead atoms. The van der Waals surface area contributed by atoms with Crippen molar-refractivity contribution in [3.05, 3.63) is 71.1 Å². The van der Waals surface area contributed by atoms with Crippen molar-refractivity contribution in [2.75, 3.05) is 24.5 Å². The molecule has 4 nitrogen and oxygen atoms in total. The summed E-state index contributed by atoms with van der Waals surface area (Å²) in [5.41, 5.74) is 0.831. The van der Waals surface area contributed by atoms with E-state index in [1.54, 1.807) is 30.3 Å². The molecule has 28 heavy (non-hydrogen) atoms. The fraction of sp³-hybridized carbons (Fsp3) is 0.333. The second-order valence-electron chi connectivity index (χ2n) is 6.75. The van der Waals surface area contributed by atoms with Crippen molar-refractivity contribution < 1.29 is 13.2 Å². The maximum absolute atomic E-state index is 13.4. The van der Waals surface area contributed by atoms with Gasteiger partial charge in [0.1, 0.15) is 0 Å². The molecule has 0 amide bonds. The Morgan fingerprint density at radius 3 is 2.54 bits per heavy atom. The van der Waals surface area contributed by atoms with Gasteiger partial charge >= 0.3 is 6.18 Å². The number of likely N-dealkylation sites (tertiary alicyclic amines) is 1. The maximum Gasteiger partial charge on any atom is 0.416 e. The van der Waals surface area contributed by atoms with Crippen molar-refractivity contribution in [2.45, 2.75) is 25.2 Å². The summed E-state index contributed by atoms with van der Waals surface area (Å²) >= 11 is 0. The first-order valence-corrected chi connectivity index (χ1v) is 8.91. The van der Waals surface area contributed by atoms with Gasteiger partial charge in [0.2, 0.25) is 0 Å². The Kier molecular flexibility index (Phi) is 5.87. The zero-order chi connectivity index (χ0) is 20.1. The molecular weight excluding hydrogens is 365 g/mol. The summed E-state index contributed by atoms with van der Waals surface area (Å²) in [6.45, 7) is 8.85. The summed E-state index contributed by atoms with van der Waals surface area (Å²) in [6, 6.07) is 14.6. The number of anilines is 1. The first kappa shape index (κ1) is 19.7. The number of benzene rings is 2. The predicted octanol–water partition coefficient (Wildman–Crippen LogP) is 4.86. The SMILES string of the molecule is [C-]#[N+]c1ccc(N(Cc2ccccc2C(F)(F)F)[C@H]2CCN(CC#N)C2)cc1. The van der Waals surface area contributed by atoms with Crippen LogP contribution in [-0.2, 0) is 12.7 Å². The van der Waals surface area contributed by atoms with Crippen molar-refractivity contribution in [1.82, 2.24) is 4.90 Å². The highest BCUT2D eigenvalue weighted by Gasteiger charge is 2.35. The molecule has 0 unspecified atom stereocenters. The predicted molar refractivity (Wildman–Crippen MR) is 101 cm³/mol. The molecule has 1 aliphatic rings. The molecule has 1 aliphatic heterocycles. The van der Waals surface area contributed by atoms with Crippen LogP contribution in [0.25, 0.3) is 4.85 Å². The van der Waals surface area contributed by atoms with Gasteiger partial charge < -0.3 is 4.90 Å². The van der Waals surface area contributed by atoms with Crippen molar-refractivity contribution in [3.63, 3.8) is 0 Å². The van der Waals surface area contributed by atoms with Gasteiger partial charge in [-0.05, 0) is 30.2 Å². The molecule has 0 radical (unpaired) electrons. The molecule has 1 heterocycles. The normalized spacial score (nSPS) is 17.1. The molecule has 0 spiro atoms. The summed E-state index contributed by atoms with van der Waals surface area (Å²) in [5.74, 6) is 0. The molecule has 2 aromatic carbocycles. The molecule has 0 aromatic heterocycles. The highest BCUT2D eigenvalue weighted by molar-refractivity contribution is 5.56. The average molecular weight is 384 g/mol. The van der Waals surface area contributed by atoms with E-state index in [0.717, 1.165) is 24.7 Å². The van der Waals surface area contributed by atoms with Gasteiger partial charge in [0, 0.05) is 31.4 Å². The molecule has 1 atom stereocenters.